The number of nitrogen functional groups attached to an aromatic ring is 1. The van der Waals surface area contributed by atoms with Gasteiger partial charge in [0.1, 0.15) is 5.69 Å². The molecule has 0 bridgehead atoms. The highest BCUT2D eigenvalue weighted by atomic mass is 16.5. The highest BCUT2D eigenvalue weighted by molar-refractivity contribution is 5.88. The Morgan fingerprint density at radius 2 is 1.75 bits per heavy atom. The first kappa shape index (κ1) is 12.5. The number of nitrogens with zero attached hydrogens (tertiary/aromatic N) is 1. The summed E-state index contributed by atoms with van der Waals surface area (Å²) in [6.45, 7) is 4.15. The van der Waals surface area contributed by atoms with E-state index in [4.69, 9.17) is 10.3 Å². The third-order valence-corrected chi connectivity index (χ3v) is 3.42. The smallest absolute Gasteiger partial charge is 0.230 e. The van der Waals surface area contributed by atoms with E-state index in [-0.39, 0.29) is 0 Å². The van der Waals surface area contributed by atoms with Gasteiger partial charge in [-0.25, -0.2) is 0 Å². The van der Waals surface area contributed by atoms with Crippen molar-refractivity contribution in [2.24, 2.45) is 0 Å². The van der Waals surface area contributed by atoms with Crippen LogP contribution in [-0.4, -0.2) is 5.16 Å². The van der Waals surface area contributed by atoms with Gasteiger partial charge in [0.25, 0.3) is 0 Å². The van der Waals surface area contributed by atoms with E-state index in [1.807, 2.05) is 30.3 Å². The number of aryl methyl sites for hydroxylation is 2. The van der Waals surface area contributed by atoms with E-state index < -0.39 is 0 Å². The van der Waals surface area contributed by atoms with Crippen molar-refractivity contribution in [2.45, 2.75) is 13.8 Å². The molecule has 0 radical (unpaired) electrons. The molecule has 2 N–H and O–H groups in total. The summed E-state index contributed by atoms with van der Waals surface area (Å²) in [5.74, 6) is 0.357. The van der Waals surface area contributed by atoms with Gasteiger partial charge in [0.05, 0.1) is 5.56 Å². The Morgan fingerprint density at radius 3 is 2.45 bits per heavy atom. The molecule has 0 saturated carbocycles. The number of anilines is 1. The maximum atomic E-state index is 5.99. The summed E-state index contributed by atoms with van der Waals surface area (Å²) >= 11 is 0. The van der Waals surface area contributed by atoms with Crippen molar-refractivity contribution in [3.63, 3.8) is 0 Å². The van der Waals surface area contributed by atoms with E-state index in [2.05, 4.69) is 37.2 Å². The Labute approximate surface area is 118 Å². The first-order valence-corrected chi connectivity index (χ1v) is 6.55. The van der Waals surface area contributed by atoms with E-state index in [9.17, 15) is 0 Å². The van der Waals surface area contributed by atoms with Crippen molar-refractivity contribution < 1.29 is 4.52 Å². The third kappa shape index (κ3) is 2.07. The monoisotopic (exact) mass is 264 g/mol. The predicted molar refractivity (Wildman–Crippen MR) is 81.3 cm³/mol. The van der Waals surface area contributed by atoms with Gasteiger partial charge in [0.2, 0.25) is 5.88 Å². The highest BCUT2D eigenvalue weighted by Gasteiger charge is 2.18. The molecule has 0 spiro atoms. The minimum absolute atomic E-state index is 0.357. The molecule has 3 heteroatoms. The van der Waals surface area contributed by atoms with Crippen LogP contribution in [0.4, 0.5) is 5.88 Å². The van der Waals surface area contributed by atoms with Crippen LogP contribution >= 0.6 is 0 Å². The van der Waals surface area contributed by atoms with Gasteiger partial charge in [0, 0.05) is 5.56 Å². The maximum absolute atomic E-state index is 5.99. The fourth-order valence-electron chi connectivity index (χ4n) is 2.45. The van der Waals surface area contributed by atoms with Crippen LogP contribution in [0.5, 0.6) is 0 Å². The second-order valence-corrected chi connectivity index (χ2v) is 4.95. The molecule has 0 unspecified atom stereocenters. The summed E-state index contributed by atoms with van der Waals surface area (Å²) in [7, 11) is 0. The lowest BCUT2D eigenvalue weighted by Crippen LogP contribution is -1.91. The van der Waals surface area contributed by atoms with Gasteiger partial charge in [-0.3, -0.25) is 0 Å². The van der Waals surface area contributed by atoms with Crippen molar-refractivity contribution in [1.29, 1.82) is 0 Å². The predicted octanol–water partition coefficient (Wildman–Crippen LogP) is 4.21. The molecule has 20 heavy (non-hydrogen) atoms. The zero-order valence-corrected chi connectivity index (χ0v) is 11.6. The van der Waals surface area contributed by atoms with Crippen LogP contribution in [0.3, 0.4) is 0 Å². The van der Waals surface area contributed by atoms with Gasteiger partial charge in [0.15, 0.2) is 0 Å². The normalized spacial score (nSPS) is 10.7. The molecule has 3 nitrogen and oxygen atoms in total. The number of rotatable bonds is 2. The van der Waals surface area contributed by atoms with E-state index in [1.165, 1.54) is 5.56 Å². The van der Waals surface area contributed by atoms with E-state index in [1.54, 1.807) is 0 Å². The Hall–Kier alpha value is -2.55. The fraction of sp³-hybridized carbons (Fsp3) is 0.118. The lowest BCUT2D eigenvalue weighted by molar-refractivity contribution is 0.439. The van der Waals surface area contributed by atoms with Crippen LogP contribution < -0.4 is 5.73 Å². The van der Waals surface area contributed by atoms with Crippen molar-refractivity contribution in [3.8, 4) is 22.4 Å². The number of benzene rings is 2. The quantitative estimate of drug-likeness (QED) is 0.754. The number of aromatic nitrogens is 1. The summed E-state index contributed by atoms with van der Waals surface area (Å²) in [5, 5.41) is 4.13. The molecule has 100 valence electrons. The zero-order chi connectivity index (χ0) is 14.1. The second-order valence-electron chi connectivity index (χ2n) is 4.95. The Bertz CT molecular complexity index is 745. The highest BCUT2D eigenvalue weighted by Crippen LogP contribution is 2.37. The third-order valence-electron chi connectivity index (χ3n) is 3.42. The van der Waals surface area contributed by atoms with Crippen LogP contribution in [0.25, 0.3) is 22.4 Å². The molecule has 0 aliphatic carbocycles. The minimum atomic E-state index is 0.357. The first-order chi connectivity index (χ1) is 9.66. The summed E-state index contributed by atoms with van der Waals surface area (Å²) in [4.78, 5) is 0. The van der Waals surface area contributed by atoms with Gasteiger partial charge in [-0.1, -0.05) is 59.3 Å². The Kier molecular flexibility index (Phi) is 3.03. The molecule has 0 fully saturated rings. The Morgan fingerprint density at radius 1 is 1.00 bits per heavy atom. The summed E-state index contributed by atoms with van der Waals surface area (Å²) in [6.07, 6.45) is 0. The van der Waals surface area contributed by atoms with Gasteiger partial charge in [-0.15, -0.1) is 0 Å². The van der Waals surface area contributed by atoms with Crippen LogP contribution in [0.1, 0.15) is 11.1 Å². The minimum Gasteiger partial charge on any atom is -0.367 e. The van der Waals surface area contributed by atoms with E-state index in [0.717, 1.165) is 27.9 Å². The maximum Gasteiger partial charge on any atom is 0.230 e. The van der Waals surface area contributed by atoms with Crippen molar-refractivity contribution in [1.82, 2.24) is 5.16 Å². The summed E-state index contributed by atoms with van der Waals surface area (Å²) in [5.41, 5.74) is 12.1. The molecule has 3 rings (SSSR count). The van der Waals surface area contributed by atoms with Crippen LogP contribution in [0.15, 0.2) is 53.1 Å². The van der Waals surface area contributed by atoms with Crippen LogP contribution in [0.2, 0.25) is 0 Å². The van der Waals surface area contributed by atoms with E-state index >= 15 is 0 Å². The van der Waals surface area contributed by atoms with E-state index in [0.29, 0.717) is 5.88 Å². The molecular formula is C17H16N2O. The molecule has 0 aliphatic heterocycles. The first-order valence-electron chi connectivity index (χ1n) is 6.55. The average molecular weight is 264 g/mol. The average Bonchev–Trinajstić information content (AvgIpc) is 2.82. The lowest BCUT2D eigenvalue weighted by atomic mass is 9.96. The van der Waals surface area contributed by atoms with Gasteiger partial charge in [-0.2, -0.15) is 0 Å². The van der Waals surface area contributed by atoms with Crippen molar-refractivity contribution >= 4 is 5.88 Å². The van der Waals surface area contributed by atoms with Gasteiger partial charge < -0.3 is 10.3 Å². The van der Waals surface area contributed by atoms with Gasteiger partial charge in [-0.05, 0) is 25.0 Å². The molecule has 1 heterocycles. The Balaban J connectivity index is 2.22. The van der Waals surface area contributed by atoms with Gasteiger partial charge >= 0.3 is 0 Å². The van der Waals surface area contributed by atoms with Crippen molar-refractivity contribution in [3.05, 3.63) is 59.7 Å². The molecule has 1 aromatic heterocycles. The van der Waals surface area contributed by atoms with Crippen LogP contribution in [0, 0.1) is 13.8 Å². The SMILES string of the molecule is Cc1ccc(-c2c(-c3ccccc3)noc2N)c(C)c1. The number of hydrogen-bond acceptors (Lipinski definition) is 3. The number of nitrogens with two attached hydrogens (primary N) is 1. The van der Waals surface area contributed by atoms with Crippen molar-refractivity contribution in [2.75, 3.05) is 5.73 Å². The lowest BCUT2D eigenvalue weighted by Gasteiger charge is -2.07. The summed E-state index contributed by atoms with van der Waals surface area (Å²) in [6, 6.07) is 16.2. The molecule has 0 amide bonds. The fourth-order valence-corrected chi connectivity index (χ4v) is 2.45. The molecular weight excluding hydrogens is 248 g/mol. The van der Waals surface area contributed by atoms with Crippen LogP contribution in [-0.2, 0) is 0 Å². The summed E-state index contributed by atoms with van der Waals surface area (Å²) < 4.78 is 5.22. The zero-order valence-electron chi connectivity index (χ0n) is 11.6. The molecule has 0 saturated heterocycles. The molecule has 0 aliphatic rings. The molecule has 0 atom stereocenters. The largest absolute Gasteiger partial charge is 0.367 e. The molecule has 3 aromatic rings. The standard InChI is InChI=1S/C17H16N2O/c1-11-8-9-14(12(2)10-11)15-16(19-20-17(15)18)13-6-4-3-5-7-13/h3-10H,18H2,1-2H3. The number of hydrogen-bond donors (Lipinski definition) is 1. The topological polar surface area (TPSA) is 52.0 Å². The second kappa shape index (κ2) is 4.85. The molecule has 2 aromatic carbocycles.